The monoisotopic (exact) mass is 352 g/mol. The van der Waals surface area contributed by atoms with E-state index in [0.717, 1.165) is 0 Å². The van der Waals surface area contributed by atoms with Gasteiger partial charge in [-0.15, -0.1) is 0 Å². The molecular formula is C15H10Cl2N2O4. The summed E-state index contributed by atoms with van der Waals surface area (Å²) in [5.74, 6) is -1.26. The number of benzene rings is 2. The molecular weight excluding hydrogens is 343 g/mol. The third kappa shape index (κ3) is 2.78. The van der Waals surface area contributed by atoms with Gasteiger partial charge in [0, 0.05) is 22.3 Å². The number of nitrogens with zero attached hydrogens (tertiary/aromatic N) is 1. The van der Waals surface area contributed by atoms with Crippen molar-refractivity contribution in [3.8, 4) is 11.5 Å². The highest BCUT2D eigenvalue weighted by Crippen LogP contribution is 2.38. The standard InChI is InChI=1S/C15H10Cl2N2O4/c16-8-3-7-6-19(15(18)23-13(7)11(17)4-8)9-1-2-10(14(21)22)12(20)5-9/h1-5,18,20H,6H2,(H,21,22). The van der Waals surface area contributed by atoms with Gasteiger partial charge in [-0.1, -0.05) is 23.2 Å². The van der Waals surface area contributed by atoms with E-state index in [2.05, 4.69) is 0 Å². The van der Waals surface area contributed by atoms with Crippen LogP contribution >= 0.6 is 23.2 Å². The van der Waals surface area contributed by atoms with Gasteiger partial charge in [0.1, 0.15) is 11.3 Å². The highest BCUT2D eigenvalue weighted by Gasteiger charge is 2.26. The van der Waals surface area contributed by atoms with Crippen LogP contribution in [0.25, 0.3) is 0 Å². The van der Waals surface area contributed by atoms with Crippen molar-refractivity contribution in [3.63, 3.8) is 0 Å². The van der Waals surface area contributed by atoms with Gasteiger partial charge in [-0.25, -0.2) is 4.79 Å². The SMILES string of the molecule is N=C1Oc2c(Cl)cc(Cl)cc2CN1c1ccc(C(=O)O)c(O)c1. The molecule has 8 heteroatoms. The maximum absolute atomic E-state index is 10.9. The fourth-order valence-electron chi connectivity index (χ4n) is 2.32. The first-order valence-corrected chi connectivity index (χ1v) is 7.20. The number of carboxylic acid groups (broad SMARTS) is 1. The zero-order valence-corrected chi connectivity index (χ0v) is 13.0. The second kappa shape index (κ2) is 5.64. The second-order valence-electron chi connectivity index (χ2n) is 4.88. The number of anilines is 1. The third-order valence-electron chi connectivity index (χ3n) is 3.38. The van der Waals surface area contributed by atoms with Crippen LogP contribution in [-0.2, 0) is 6.54 Å². The van der Waals surface area contributed by atoms with Crippen LogP contribution in [-0.4, -0.2) is 22.2 Å². The molecule has 3 N–H and O–H groups in total. The largest absolute Gasteiger partial charge is 0.507 e. The Labute approximate surface area is 140 Å². The number of carbonyl (C=O) groups is 1. The molecule has 0 unspecified atom stereocenters. The number of hydrogen-bond donors (Lipinski definition) is 3. The summed E-state index contributed by atoms with van der Waals surface area (Å²) < 4.78 is 5.42. The Bertz CT molecular complexity index is 838. The van der Waals surface area contributed by atoms with Crippen LogP contribution in [0, 0.1) is 5.41 Å². The van der Waals surface area contributed by atoms with E-state index in [4.69, 9.17) is 38.5 Å². The van der Waals surface area contributed by atoms with Gasteiger partial charge < -0.3 is 14.9 Å². The van der Waals surface area contributed by atoms with Crippen molar-refractivity contribution in [3.05, 3.63) is 51.5 Å². The van der Waals surface area contributed by atoms with E-state index in [0.29, 0.717) is 27.0 Å². The van der Waals surface area contributed by atoms with Crippen LogP contribution in [0.4, 0.5) is 5.69 Å². The molecule has 0 aromatic heterocycles. The van der Waals surface area contributed by atoms with Gasteiger partial charge in [0.05, 0.1) is 11.6 Å². The van der Waals surface area contributed by atoms with E-state index >= 15 is 0 Å². The molecule has 0 atom stereocenters. The predicted octanol–water partition coefficient (Wildman–Crippen LogP) is 3.73. The molecule has 0 saturated heterocycles. The number of fused-ring (bicyclic) bond motifs is 1. The van der Waals surface area contributed by atoms with Crippen molar-refractivity contribution in [2.24, 2.45) is 0 Å². The van der Waals surface area contributed by atoms with Crippen LogP contribution in [0.3, 0.4) is 0 Å². The predicted molar refractivity (Wildman–Crippen MR) is 86.1 cm³/mol. The smallest absolute Gasteiger partial charge is 0.339 e. The number of halogens is 2. The molecule has 2 aromatic carbocycles. The van der Waals surface area contributed by atoms with Gasteiger partial charge in [-0.3, -0.25) is 10.3 Å². The number of aromatic hydroxyl groups is 1. The summed E-state index contributed by atoms with van der Waals surface area (Å²) >= 11 is 12.0. The Kier molecular flexibility index (Phi) is 3.79. The molecule has 0 fully saturated rings. The fourth-order valence-corrected chi connectivity index (χ4v) is 2.89. The first kappa shape index (κ1) is 15.5. The first-order chi connectivity index (χ1) is 10.9. The van der Waals surface area contributed by atoms with Crippen LogP contribution in [0.2, 0.25) is 10.0 Å². The number of nitrogens with one attached hydrogen (secondary N) is 1. The fraction of sp³-hybridized carbons (Fsp3) is 0.0667. The Morgan fingerprint density at radius 3 is 2.65 bits per heavy atom. The molecule has 1 heterocycles. The molecule has 0 spiro atoms. The minimum atomic E-state index is -1.23. The van der Waals surface area contributed by atoms with Crippen molar-refractivity contribution < 1.29 is 19.7 Å². The second-order valence-corrected chi connectivity index (χ2v) is 5.72. The Morgan fingerprint density at radius 2 is 2.00 bits per heavy atom. The van der Waals surface area contributed by atoms with Crippen molar-refractivity contribution in [1.82, 2.24) is 0 Å². The van der Waals surface area contributed by atoms with Gasteiger partial charge in [0.2, 0.25) is 0 Å². The number of aromatic carboxylic acids is 1. The lowest BCUT2D eigenvalue weighted by atomic mass is 10.1. The zero-order valence-electron chi connectivity index (χ0n) is 11.5. The van der Waals surface area contributed by atoms with E-state index in [1.807, 2.05) is 0 Å². The summed E-state index contributed by atoms with van der Waals surface area (Å²) in [7, 11) is 0. The summed E-state index contributed by atoms with van der Waals surface area (Å²) in [5.41, 5.74) is 0.879. The Balaban J connectivity index is 2.00. The molecule has 0 aliphatic carbocycles. The summed E-state index contributed by atoms with van der Waals surface area (Å²) in [6, 6.07) is 7.02. The maximum atomic E-state index is 10.9. The van der Waals surface area contributed by atoms with E-state index in [-0.39, 0.29) is 18.1 Å². The Hall–Kier alpha value is -2.44. The summed E-state index contributed by atoms with van der Waals surface area (Å²) in [5, 5.41) is 27.5. The molecule has 0 bridgehead atoms. The van der Waals surface area contributed by atoms with Crippen molar-refractivity contribution in [1.29, 1.82) is 5.41 Å². The van der Waals surface area contributed by atoms with Gasteiger partial charge in [0.25, 0.3) is 6.02 Å². The zero-order chi connectivity index (χ0) is 16.7. The number of phenols is 1. The molecule has 23 heavy (non-hydrogen) atoms. The number of carboxylic acids is 1. The van der Waals surface area contributed by atoms with Crippen molar-refractivity contribution in [2.45, 2.75) is 6.54 Å². The van der Waals surface area contributed by atoms with E-state index in [1.165, 1.54) is 29.2 Å². The Morgan fingerprint density at radius 1 is 1.26 bits per heavy atom. The molecule has 0 saturated carbocycles. The average molecular weight is 353 g/mol. The average Bonchev–Trinajstić information content (AvgIpc) is 2.47. The highest BCUT2D eigenvalue weighted by molar-refractivity contribution is 6.36. The first-order valence-electron chi connectivity index (χ1n) is 6.45. The third-order valence-corrected chi connectivity index (χ3v) is 3.88. The lowest BCUT2D eigenvalue weighted by Gasteiger charge is -2.31. The van der Waals surface area contributed by atoms with E-state index in [9.17, 15) is 9.90 Å². The van der Waals surface area contributed by atoms with Crippen LogP contribution < -0.4 is 9.64 Å². The molecule has 6 nitrogen and oxygen atoms in total. The van der Waals surface area contributed by atoms with Gasteiger partial charge >= 0.3 is 5.97 Å². The lowest BCUT2D eigenvalue weighted by molar-refractivity contribution is 0.0694. The molecule has 0 amide bonds. The number of amidine groups is 1. The number of ether oxygens (including phenoxy) is 1. The van der Waals surface area contributed by atoms with Crippen molar-refractivity contribution >= 4 is 40.9 Å². The van der Waals surface area contributed by atoms with Crippen LogP contribution in [0.5, 0.6) is 11.5 Å². The number of hydrogen-bond acceptors (Lipinski definition) is 4. The van der Waals surface area contributed by atoms with Crippen molar-refractivity contribution in [2.75, 3.05) is 4.90 Å². The molecule has 1 aliphatic rings. The maximum Gasteiger partial charge on any atom is 0.339 e. The van der Waals surface area contributed by atoms with Crippen LogP contribution in [0.1, 0.15) is 15.9 Å². The van der Waals surface area contributed by atoms with Gasteiger partial charge in [-0.2, -0.15) is 0 Å². The number of rotatable bonds is 2. The topological polar surface area (TPSA) is 93.9 Å². The van der Waals surface area contributed by atoms with Crippen LogP contribution in [0.15, 0.2) is 30.3 Å². The van der Waals surface area contributed by atoms with Gasteiger partial charge in [0.15, 0.2) is 5.75 Å². The molecule has 118 valence electrons. The normalized spacial score (nSPS) is 13.5. The molecule has 3 rings (SSSR count). The minimum absolute atomic E-state index is 0.191. The lowest BCUT2D eigenvalue weighted by Crippen LogP contribution is -2.37. The summed E-state index contributed by atoms with van der Waals surface area (Å²) in [6.07, 6.45) is 0. The minimum Gasteiger partial charge on any atom is -0.507 e. The van der Waals surface area contributed by atoms with E-state index in [1.54, 1.807) is 6.07 Å². The highest BCUT2D eigenvalue weighted by atomic mass is 35.5. The molecule has 0 radical (unpaired) electrons. The molecule has 2 aromatic rings. The van der Waals surface area contributed by atoms with E-state index < -0.39 is 11.7 Å². The summed E-state index contributed by atoms with van der Waals surface area (Å²) in [6.45, 7) is 0.250. The van der Waals surface area contributed by atoms with Gasteiger partial charge in [-0.05, 0) is 24.3 Å². The molecule has 1 aliphatic heterocycles. The quantitative estimate of drug-likeness (QED) is 0.765. The summed E-state index contributed by atoms with van der Waals surface area (Å²) in [4.78, 5) is 12.4.